The van der Waals surface area contributed by atoms with Crippen LogP contribution in [0.5, 0.6) is 0 Å². The average Bonchev–Trinajstić information content (AvgIpc) is 2.81. The van der Waals surface area contributed by atoms with E-state index < -0.39 is 0 Å². The molecule has 1 aliphatic heterocycles. The molecule has 0 saturated heterocycles. The number of hydrogen-bond acceptors (Lipinski definition) is 3. The largest absolute Gasteiger partial charge is 0.352 e. The summed E-state index contributed by atoms with van der Waals surface area (Å²) < 4.78 is 2.91. The number of carbonyl (C=O) groups is 1. The standard InChI is InChI=1S/C15H17ClN4O2/c1-19-15(22)20-9-11(6-7-13(20)18-19)14(21)17-8-10-4-2-3-5-12(10)16/h2-5,11H,6-9H2,1H3,(H,17,21)/t11-/m0/s1. The fourth-order valence-corrected chi connectivity index (χ4v) is 2.92. The molecule has 1 amide bonds. The summed E-state index contributed by atoms with van der Waals surface area (Å²) in [6.07, 6.45) is 1.34. The highest BCUT2D eigenvalue weighted by molar-refractivity contribution is 6.31. The zero-order chi connectivity index (χ0) is 15.7. The van der Waals surface area contributed by atoms with Crippen LogP contribution in [0.15, 0.2) is 29.1 Å². The summed E-state index contributed by atoms with van der Waals surface area (Å²) in [5, 5.41) is 7.70. The van der Waals surface area contributed by atoms with E-state index in [9.17, 15) is 9.59 Å². The van der Waals surface area contributed by atoms with Gasteiger partial charge in [0.1, 0.15) is 5.82 Å². The predicted molar refractivity (Wildman–Crippen MR) is 82.6 cm³/mol. The van der Waals surface area contributed by atoms with Gasteiger partial charge >= 0.3 is 5.69 Å². The molecule has 1 aliphatic rings. The second-order valence-electron chi connectivity index (χ2n) is 5.48. The lowest BCUT2D eigenvalue weighted by Gasteiger charge is -2.21. The van der Waals surface area contributed by atoms with Crippen LogP contribution in [-0.4, -0.2) is 20.3 Å². The molecule has 0 radical (unpaired) electrons. The molecule has 0 saturated carbocycles. The summed E-state index contributed by atoms with van der Waals surface area (Å²) >= 11 is 6.08. The minimum atomic E-state index is -0.211. The Hall–Kier alpha value is -2.08. The second-order valence-corrected chi connectivity index (χ2v) is 5.89. The van der Waals surface area contributed by atoms with E-state index in [0.29, 0.717) is 31.0 Å². The molecule has 0 unspecified atom stereocenters. The first kappa shape index (κ1) is 14.8. The maximum atomic E-state index is 12.3. The molecular formula is C15H17ClN4O2. The van der Waals surface area contributed by atoms with Gasteiger partial charge in [-0.05, 0) is 18.1 Å². The molecule has 0 fully saturated rings. The molecule has 6 nitrogen and oxygen atoms in total. The molecule has 22 heavy (non-hydrogen) atoms. The lowest BCUT2D eigenvalue weighted by molar-refractivity contribution is -0.126. The lowest BCUT2D eigenvalue weighted by atomic mass is 9.98. The molecule has 1 aromatic heterocycles. The Morgan fingerprint density at radius 3 is 3.00 bits per heavy atom. The Labute approximate surface area is 132 Å². The molecule has 1 atom stereocenters. The molecule has 116 valence electrons. The number of nitrogens with zero attached hydrogens (tertiary/aromatic N) is 3. The van der Waals surface area contributed by atoms with Crippen LogP contribution in [0.25, 0.3) is 0 Å². The maximum absolute atomic E-state index is 12.3. The van der Waals surface area contributed by atoms with Crippen molar-refractivity contribution in [3.8, 4) is 0 Å². The summed E-state index contributed by atoms with van der Waals surface area (Å²) in [5.74, 6) is 0.487. The normalized spacial score (nSPS) is 17.1. The fourth-order valence-electron chi connectivity index (χ4n) is 2.72. The van der Waals surface area contributed by atoms with Crippen LogP contribution >= 0.6 is 11.6 Å². The molecule has 2 aromatic rings. The van der Waals surface area contributed by atoms with Gasteiger partial charge in [0.25, 0.3) is 0 Å². The van der Waals surface area contributed by atoms with Gasteiger partial charge in [0.15, 0.2) is 0 Å². The Morgan fingerprint density at radius 1 is 1.45 bits per heavy atom. The third kappa shape index (κ3) is 2.78. The van der Waals surface area contributed by atoms with Crippen LogP contribution in [0.2, 0.25) is 5.02 Å². The van der Waals surface area contributed by atoms with Gasteiger partial charge < -0.3 is 5.32 Å². The quantitative estimate of drug-likeness (QED) is 0.921. The van der Waals surface area contributed by atoms with Gasteiger partial charge in [0, 0.05) is 31.6 Å². The monoisotopic (exact) mass is 320 g/mol. The van der Waals surface area contributed by atoms with Crippen LogP contribution in [0.3, 0.4) is 0 Å². The minimum absolute atomic E-state index is 0.0543. The molecule has 0 bridgehead atoms. The highest BCUT2D eigenvalue weighted by Crippen LogP contribution is 2.18. The van der Waals surface area contributed by atoms with Gasteiger partial charge in [-0.2, -0.15) is 5.10 Å². The van der Waals surface area contributed by atoms with Crippen molar-refractivity contribution in [2.45, 2.75) is 25.9 Å². The minimum Gasteiger partial charge on any atom is -0.352 e. The van der Waals surface area contributed by atoms with E-state index in [2.05, 4.69) is 10.4 Å². The van der Waals surface area contributed by atoms with Gasteiger partial charge in [-0.25, -0.2) is 9.48 Å². The molecule has 3 rings (SSSR count). The first-order chi connectivity index (χ1) is 10.6. The molecular weight excluding hydrogens is 304 g/mol. The van der Waals surface area contributed by atoms with Crippen molar-refractivity contribution in [3.63, 3.8) is 0 Å². The van der Waals surface area contributed by atoms with Gasteiger partial charge in [-0.15, -0.1) is 0 Å². The van der Waals surface area contributed by atoms with E-state index in [0.717, 1.165) is 11.4 Å². The second kappa shape index (κ2) is 5.96. The van der Waals surface area contributed by atoms with Crippen LogP contribution in [0, 0.1) is 5.92 Å². The van der Waals surface area contributed by atoms with Crippen molar-refractivity contribution in [2.24, 2.45) is 13.0 Å². The fraction of sp³-hybridized carbons (Fsp3) is 0.400. The highest BCUT2D eigenvalue weighted by Gasteiger charge is 2.27. The third-order valence-electron chi connectivity index (χ3n) is 3.99. The van der Waals surface area contributed by atoms with Crippen molar-refractivity contribution in [1.82, 2.24) is 19.7 Å². The molecule has 1 N–H and O–H groups in total. The number of nitrogens with one attached hydrogen (secondary N) is 1. The van der Waals surface area contributed by atoms with Crippen LogP contribution in [-0.2, 0) is 31.4 Å². The van der Waals surface area contributed by atoms with Crippen LogP contribution in [0.4, 0.5) is 0 Å². The zero-order valence-corrected chi connectivity index (χ0v) is 13.0. The summed E-state index contributed by atoms with van der Waals surface area (Å²) in [4.78, 5) is 24.2. The Bertz CT molecular complexity index is 765. The number of amides is 1. The van der Waals surface area contributed by atoms with Crippen molar-refractivity contribution < 1.29 is 4.79 Å². The van der Waals surface area contributed by atoms with Crippen LogP contribution < -0.4 is 11.0 Å². The Balaban J connectivity index is 1.66. The van der Waals surface area contributed by atoms with E-state index in [4.69, 9.17) is 11.6 Å². The summed E-state index contributed by atoms with van der Waals surface area (Å²) in [5.41, 5.74) is 0.714. The molecule has 7 heteroatoms. The number of fused-ring (bicyclic) bond motifs is 1. The van der Waals surface area contributed by atoms with Crippen molar-refractivity contribution in [2.75, 3.05) is 0 Å². The van der Waals surface area contributed by atoms with Crippen molar-refractivity contribution in [3.05, 3.63) is 51.2 Å². The highest BCUT2D eigenvalue weighted by atomic mass is 35.5. The number of benzene rings is 1. The lowest BCUT2D eigenvalue weighted by Crippen LogP contribution is -2.38. The van der Waals surface area contributed by atoms with E-state index in [-0.39, 0.29) is 17.5 Å². The molecule has 2 heterocycles. The topological polar surface area (TPSA) is 68.9 Å². The van der Waals surface area contributed by atoms with E-state index in [1.165, 1.54) is 4.68 Å². The molecule has 0 aliphatic carbocycles. The maximum Gasteiger partial charge on any atom is 0.345 e. The third-order valence-corrected chi connectivity index (χ3v) is 4.35. The van der Waals surface area contributed by atoms with Gasteiger partial charge in [-0.1, -0.05) is 29.8 Å². The SMILES string of the molecule is Cn1nc2n(c1=O)C[C@@H](C(=O)NCc1ccccc1Cl)CC2. The number of carbonyl (C=O) groups excluding carboxylic acids is 1. The summed E-state index contributed by atoms with van der Waals surface area (Å²) in [6.45, 7) is 0.778. The van der Waals surface area contributed by atoms with Gasteiger partial charge in [0.2, 0.25) is 5.91 Å². The first-order valence-corrected chi connectivity index (χ1v) is 7.58. The number of rotatable bonds is 3. The first-order valence-electron chi connectivity index (χ1n) is 7.20. The summed E-state index contributed by atoms with van der Waals surface area (Å²) in [7, 11) is 1.63. The van der Waals surface area contributed by atoms with E-state index >= 15 is 0 Å². The number of halogens is 1. The summed E-state index contributed by atoms with van der Waals surface area (Å²) in [6, 6.07) is 7.42. The van der Waals surface area contributed by atoms with E-state index in [1.807, 2.05) is 18.2 Å². The average molecular weight is 321 g/mol. The number of hydrogen-bond donors (Lipinski definition) is 1. The Kier molecular flexibility index (Phi) is 4.02. The molecule has 1 aromatic carbocycles. The predicted octanol–water partition coefficient (Wildman–Crippen LogP) is 1.11. The number of aryl methyl sites for hydroxylation is 2. The molecule has 0 spiro atoms. The number of aromatic nitrogens is 3. The van der Waals surface area contributed by atoms with E-state index in [1.54, 1.807) is 17.7 Å². The van der Waals surface area contributed by atoms with Gasteiger partial charge in [-0.3, -0.25) is 9.36 Å². The Morgan fingerprint density at radius 2 is 2.23 bits per heavy atom. The van der Waals surface area contributed by atoms with Crippen molar-refractivity contribution >= 4 is 17.5 Å². The van der Waals surface area contributed by atoms with Gasteiger partial charge in [0.05, 0.1) is 5.92 Å². The van der Waals surface area contributed by atoms with Crippen molar-refractivity contribution in [1.29, 1.82) is 0 Å². The zero-order valence-electron chi connectivity index (χ0n) is 12.3. The smallest absolute Gasteiger partial charge is 0.345 e. The van der Waals surface area contributed by atoms with Crippen LogP contribution in [0.1, 0.15) is 17.8 Å².